The third kappa shape index (κ3) is 2.96. The number of rotatable bonds is 5. The van der Waals surface area contributed by atoms with E-state index in [9.17, 15) is 4.79 Å². The molecule has 20 heavy (non-hydrogen) atoms. The van der Waals surface area contributed by atoms with Crippen LogP contribution in [0.3, 0.4) is 0 Å². The number of hydrogen-bond donors (Lipinski definition) is 0. The van der Waals surface area contributed by atoms with E-state index in [2.05, 4.69) is 17.0 Å². The van der Waals surface area contributed by atoms with Crippen LogP contribution >= 0.6 is 0 Å². The van der Waals surface area contributed by atoms with Gasteiger partial charge in [-0.15, -0.1) is 0 Å². The molecule has 2 aromatic heterocycles. The first kappa shape index (κ1) is 14.0. The summed E-state index contributed by atoms with van der Waals surface area (Å²) in [5.74, 6) is 0.0599. The molecule has 0 radical (unpaired) electrons. The van der Waals surface area contributed by atoms with E-state index in [-0.39, 0.29) is 5.69 Å². The van der Waals surface area contributed by atoms with Gasteiger partial charge in [0, 0.05) is 30.4 Å². The Labute approximate surface area is 117 Å². The van der Waals surface area contributed by atoms with Gasteiger partial charge < -0.3 is 9.47 Å². The van der Waals surface area contributed by atoms with E-state index in [0.29, 0.717) is 11.4 Å². The molecular weight excluding hydrogens is 258 g/mol. The maximum Gasteiger partial charge on any atom is 0.356 e. The predicted octanol–water partition coefficient (Wildman–Crippen LogP) is 2.15. The molecule has 0 atom stereocenters. The molecule has 0 fully saturated rings. The molecule has 6 nitrogen and oxygen atoms in total. The summed E-state index contributed by atoms with van der Waals surface area (Å²) in [6.45, 7) is 2.92. The molecule has 2 aromatic rings. The van der Waals surface area contributed by atoms with Crippen molar-refractivity contribution in [2.75, 3.05) is 14.2 Å². The van der Waals surface area contributed by atoms with Crippen molar-refractivity contribution in [2.24, 2.45) is 0 Å². The molecule has 0 aromatic carbocycles. The summed E-state index contributed by atoms with van der Waals surface area (Å²) >= 11 is 0. The van der Waals surface area contributed by atoms with E-state index in [1.54, 1.807) is 25.4 Å². The SMILES string of the molecule is CCCn1cc(-c2cc(OC)cc(C(=O)OC)n2)cn1. The fourth-order valence-electron chi connectivity index (χ4n) is 1.83. The third-order valence-electron chi connectivity index (χ3n) is 2.81. The normalized spacial score (nSPS) is 10.3. The van der Waals surface area contributed by atoms with Crippen molar-refractivity contribution in [1.82, 2.24) is 14.8 Å². The van der Waals surface area contributed by atoms with Crippen LogP contribution in [0.15, 0.2) is 24.5 Å². The second kappa shape index (κ2) is 6.18. The number of methoxy groups -OCH3 is 2. The first-order chi connectivity index (χ1) is 9.67. The highest BCUT2D eigenvalue weighted by Gasteiger charge is 2.13. The van der Waals surface area contributed by atoms with Crippen LogP contribution < -0.4 is 4.74 Å². The van der Waals surface area contributed by atoms with Gasteiger partial charge in [-0.2, -0.15) is 5.10 Å². The molecule has 0 aliphatic rings. The molecule has 0 spiro atoms. The van der Waals surface area contributed by atoms with Crippen LogP contribution in [-0.4, -0.2) is 35.0 Å². The molecule has 0 aliphatic heterocycles. The standard InChI is InChI=1S/C14H17N3O3/c1-4-5-17-9-10(8-15-17)12-6-11(19-2)7-13(16-12)14(18)20-3/h6-9H,4-5H2,1-3H3. The van der Waals surface area contributed by atoms with Crippen LogP contribution in [0, 0.1) is 0 Å². The average molecular weight is 275 g/mol. The lowest BCUT2D eigenvalue weighted by Gasteiger charge is -2.06. The minimum absolute atomic E-state index is 0.213. The molecule has 0 saturated carbocycles. The predicted molar refractivity (Wildman–Crippen MR) is 73.6 cm³/mol. The monoisotopic (exact) mass is 275 g/mol. The molecule has 0 bridgehead atoms. The lowest BCUT2D eigenvalue weighted by atomic mass is 10.2. The lowest BCUT2D eigenvalue weighted by Crippen LogP contribution is -2.05. The van der Waals surface area contributed by atoms with Gasteiger partial charge in [0.05, 0.1) is 26.1 Å². The summed E-state index contributed by atoms with van der Waals surface area (Å²) in [5, 5.41) is 4.25. The van der Waals surface area contributed by atoms with Gasteiger partial charge in [-0.3, -0.25) is 4.68 Å². The Morgan fingerprint density at radius 2 is 2.15 bits per heavy atom. The Kier molecular flexibility index (Phi) is 4.34. The van der Waals surface area contributed by atoms with Crippen LogP contribution in [0.25, 0.3) is 11.3 Å². The van der Waals surface area contributed by atoms with Crippen molar-refractivity contribution in [3.05, 3.63) is 30.2 Å². The first-order valence-corrected chi connectivity index (χ1v) is 6.35. The van der Waals surface area contributed by atoms with Crippen molar-refractivity contribution in [2.45, 2.75) is 19.9 Å². The number of carbonyl (C=O) groups excluding carboxylic acids is 1. The maximum atomic E-state index is 11.6. The van der Waals surface area contributed by atoms with Crippen LogP contribution in [0.2, 0.25) is 0 Å². The molecule has 0 unspecified atom stereocenters. The van der Waals surface area contributed by atoms with Crippen molar-refractivity contribution in [3.63, 3.8) is 0 Å². The highest BCUT2D eigenvalue weighted by molar-refractivity contribution is 5.88. The van der Waals surface area contributed by atoms with Crippen LogP contribution in [0.1, 0.15) is 23.8 Å². The van der Waals surface area contributed by atoms with E-state index < -0.39 is 5.97 Å². The largest absolute Gasteiger partial charge is 0.497 e. The molecule has 106 valence electrons. The summed E-state index contributed by atoms with van der Waals surface area (Å²) in [7, 11) is 2.86. The molecule has 2 heterocycles. The molecule has 0 saturated heterocycles. The first-order valence-electron chi connectivity index (χ1n) is 6.35. The van der Waals surface area contributed by atoms with E-state index in [1.807, 2.05) is 10.9 Å². The third-order valence-corrected chi connectivity index (χ3v) is 2.81. The fraction of sp³-hybridized carbons (Fsp3) is 0.357. The van der Waals surface area contributed by atoms with E-state index in [4.69, 9.17) is 9.47 Å². The van der Waals surface area contributed by atoms with Gasteiger partial charge >= 0.3 is 5.97 Å². The minimum Gasteiger partial charge on any atom is -0.497 e. The number of esters is 1. The second-order valence-electron chi connectivity index (χ2n) is 4.26. The Balaban J connectivity index is 2.41. The summed E-state index contributed by atoms with van der Waals surface area (Å²) in [6.07, 6.45) is 4.62. The molecule has 0 N–H and O–H groups in total. The number of pyridine rings is 1. The van der Waals surface area contributed by atoms with Gasteiger partial charge in [-0.05, 0) is 6.42 Å². The van der Waals surface area contributed by atoms with Crippen molar-refractivity contribution < 1.29 is 14.3 Å². The van der Waals surface area contributed by atoms with E-state index in [0.717, 1.165) is 18.5 Å². The number of ether oxygens (including phenoxy) is 2. The molecular formula is C14H17N3O3. The highest BCUT2D eigenvalue weighted by Crippen LogP contribution is 2.23. The highest BCUT2D eigenvalue weighted by atomic mass is 16.5. The number of hydrogen-bond acceptors (Lipinski definition) is 5. The zero-order chi connectivity index (χ0) is 14.5. The van der Waals surface area contributed by atoms with Crippen molar-refractivity contribution >= 4 is 5.97 Å². The molecule has 0 aliphatic carbocycles. The van der Waals surface area contributed by atoms with Crippen molar-refractivity contribution in [3.8, 4) is 17.0 Å². The zero-order valence-corrected chi connectivity index (χ0v) is 11.8. The van der Waals surface area contributed by atoms with Crippen molar-refractivity contribution in [1.29, 1.82) is 0 Å². The van der Waals surface area contributed by atoms with Gasteiger partial charge in [-0.1, -0.05) is 6.92 Å². The van der Waals surface area contributed by atoms with Gasteiger partial charge in [0.15, 0.2) is 5.69 Å². The summed E-state index contributed by atoms with van der Waals surface area (Å²) in [4.78, 5) is 15.9. The summed E-state index contributed by atoms with van der Waals surface area (Å²) in [5.41, 5.74) is 1.68. The number of nitrogens with zero attached hydrogens (tertiary/aromatic N) is 3. The van der Waals surface area contributed by atoms with Gasteiger partial charge in [0.1, 0.15) is 5.75 Å². The number of carbonyl (C=O) groups is 1. The Morgan fingerprint density at radius 3 is 2.80 bits per heavy atom. The summed E-state index contributed by atoms with van der Waals surface area (Å²) < 4.78 is 11.7. The zero-order valence-electron chi connectivity index (χ0n) is 11.8. The van der Waals surface area contributed by atoms with E-state index in [1.165, 1.54) is 7.11 Å². The Bertz CT molecular complexity index is 607. The second-order valence-corrected chi connectivity index (χ2v) is 4.26. The maximum absolute atomic E-state index is 11.6. The Hall–Kier alpha value is -2.37. The van der Waals surface area contributed by atoms with Gasteiger partial charge in [-0.25, -0.2) is 9.78 Å². The topological polar surface area (TPSA) is 66.2 Å². The quantitative estimate of drug-likeness (QED) is 0.782. The van der Waals surface area contributed by atoms with E-state index >= 15 is 0 Å². The molecule has 6 heteroatoms. The molecule has 0 amide bonds. The minimum atomic E-state index is -0.494. The fourth-order valence-corrected chi connectivity index (χ4v) is 1.83. The van der Waals surface area contributed by atoms with Crippen LogP contribution in [-0.2, 0) is 11.3 Å². The molecule has 2 rings (SSSR count). The smallest absolute Gasteiger partial charge is 0.356 e. The Morgan fingerprint density at radius 1 is 1.35 bits per heavy atom. The summed E-state index contributed by atoms with van der Waals surface area (Å²) in [6, 6.07) is 3.31. The average Bonchev–Trinajstić information content (AvgIpc) is 2.95. The van der Waals surface area contributed by atoms with Crippen LogP contribution in [0.5, 0.6) is 5.75 Å². The van der Waals surface area contributed by atoms with Crippen LogP contribution in [0.4, 0.5) is 0 Å². The number of aromatic nitrogens is 3. The number of aryl methyl sites for hydroxylation is 1. The lowest BCUT2D eigenvalue weighted by molar-refractivity contribution is 0.0593. The van der Waals surface area contributed by atoms with Gasteiger partial charge in [0.25, 0.3) is 0 Å². The van der Waals surface area contributed by atoms with Gasteiger partial charge in [0.2, 0.25) is 0 Å².